The van der Waals surface area contributed by atoms with Crippen LogP contribution in [0, 0.1) is 0 Å². The van der Waals surface area contributed by atoms with Crippen LogP contribution >= 0.6 is 11.8 Å². The molecule has 58 valence electrons. The van der Waals surface area contributed by atoms with Crippen LogP contribution in [0.2, 0.25) is 0 Å². The van der Waals surface area contributed by atoms with Crippen molar-refractivity contribution in [2.75, 3.05) is 7.05 Å². The number of hydrogen-bond acceptors (Lipinski definition) is 2. The van der Waals surface area contributed by atoms with Gasteiger partial charge in [-0.3, -0.25) is 0 Å². The summed E-state index contributed by atoms with van der Waals surface area (Å²) in [6.07, 6.45) is 3.85. The maximum atomic E-state index is 3.74. The highest BCUT2D eigenvalue weighted by Gasteiger charge is 2.09. The van der Waals surface area contributed by atoms with Gasteiger partial charge in [-0.2, -0.15) is 0 Å². The highest BCUT2D eigenvalue weighted by atomic mass is 32.2. The average molecular weight is 157 g/mol. The van der Waals surface area contributed by atoms with Crippen LogP contribution in [0.5, 0.6) is 0 Å². The fourth-order valence-corrected chi connectivity index (χ4v) is 0.977. The maximum absolute atomic E-state index is 3.74. The predicted octanol–water partition coefficient (Wildman–Crippen LogP) is 2.37. The van der Waals surface area contributed by atoms with Crippen LogP contribution in [0.4, 0.5) is 0 Å². The van der Waals surface area contributed by atoms with Gasteiger partial charge in [0.25, 0.3) is 0 Å². The lowest BCUT2D eigenvalue weighted by atomic mass is 10.2. The van der Waals surface area contributed by atoms with E-state index in [9.17, 15) is 0 Å². The standard InChI is InChI=1S/C8H15NS/c1-5-8(2,3)10-7-6-9-4/h5-7,9H,1H2,2-4H3/b7-6-. The van der Waals surface area contributed by atoms with E-state index in [0.29, 0.717) is 0 Å². The minimum Gasteiger partial charge on any atom is -0.394 e. The zero-order valence-corrected chi connectivity index (χ0v) is 7.66. The Morgan fingerprint density at radius 2 is 2.10 bits per heavy atom. The van der Waals surface area contributed by atoms with Crippen LogP contribution in [0.15, 0.2) is 24.3 Å². The van der Waals surface area contributed by atoms with Crippen molar-refractivity contribution >= 4 is 11.8 Å². The highest BCUT2D eigenvalue weighted by Crippen LogP contribution is 2.25. The molecule has 0 atom stereocenters. The summed E-state index contributed by atoms with van der Waals surface area (Å²) >= 11 is 1.74. The summed E-state index contributed by atoms with van der Waals surface area (Å²) in [4.78, 5) is 0. The summed E-state index contributed by atoms with van der Waals surface area (Å²) in [6.45, 7) is 8.00. The minimum absolute atomic E-state index is 0.146. The van der Waals surface area contributed by atoms with Gasteiger partial charge < -0.3 is 5.32 Å². The monoisotopic (exact) mass is 157 g/mol. The zero-order valence-electron chi connectivity index (χ0n) is 6.85. The second-order valence-electron chi connectivity index (χ2n) is 2.52. The van der Waals surface area contributed by atoms with Crippen LogP contribution in [-0.2, 0) is 0 Å². The van der Waals surface area contributed by atoms with Gasteiger partial charge in [-0.25, -0.2) is 0 Å². The molecule has 0 unspecified atom stereocenters. The Kier molecular flexibility index (Phi) is 4.28. The second-order valence-corrected chi connectivity index (χ2v) is 4.08. The molecular weight excluding hydrogens is 142 g/mol. The Balaban J connectivity index is 3.66. The Hall–Kier alpha value is -0.370. The first kappa shape index (κ1) is 9.63. The highest BCUT2D eigenvalue weighted by molar-refractivity contribution is 8.03. The van der Waals surface area contributed by atoms with Crippen LogP contribution in [0.3, 0.4) is 0 Å². The molecule has 0 saturated heterocycles. The minimum atomic E-state index is 0.146. The fourth-order valence-electron chi connectivity index (χ4n) is 0.326. The Bertz CT molecular complexity index is 127. The largest absolute Gasteiger partial charge is 0.394 e. The van der Waals surface area contributed by atoms with E-state index in [1.807, 2.05) is 24.7 Å². The van der Waals surface area contributed by atoms with E-state index >= 15 is 0 Å². The van der Waals surface area contributed by atoms with Gasteiger partial charge in [0.1, 0.15) is 0 Å². The predicted molar refractivity (Wildman–Crippen MR) is 50.1 cm³/mol. The quantitative estimate of drug-likeness (QED) is 0.629. The van der Waals surface area contributed by atoms with E-state index in [0.717, 1.165) is 0 Å². The normalized spacial score (nSPS) is 11.9. The number of rotatable bonds is 4. The molecule has 0 saturated carbocycles. The van der Waals surface area contributed by atoms with Crippen LogP contribution < -0.4 is 5.32 Å². The molecule has 0 radical (unpaired) electrons. The molecular formula is C8H15NS. The molecule has 0 heterocycles. The summed E-state index contributed by atoms with van der Waals surface area (Å²) in [6, 6.07) is 0. The third-order valence-electron chi connectivity index (χ3n) is 1.10. The van der Waals surface area contributed by atoms with Crippen LogP contribution in [0.1, 0.15) is 13.8 Å². The lowest BCUT2D eigenvalue weighted by molar-refractivity contribution is 0.906. The molecule has 0 aliphatic rings. The second kappa shape index (κ2) is 4.45. The first-order valence-corrected chi connectivity index (χ1v) is 4.14. The molecule has 1 N–H and O–H groups in total. The molecule has 0 aliphatic heterocycles. The SMILES string of the molecule is C=CC(C)(C)S/C=C\NC. The first-order valence-electron chi connectivity index (χ1n) is 3.26. The van der Waals surface area contributed by atoms with Crippen molar-refractivity contribution < 1.29 is 0 Å². The molecule has 2 heteroatoms. The van der Waals surface area contributed by atoms with Gasteiger partial charge in [0, 0.05) is 18.0 Å². The van der Waals surface area contributed by atoms with Gasteiger partial charge in [0.2, 0.25) is 0 Å². The molecule has 0 aromatic rings. The number of nitrogens with one attached hydrogen (secondary N) is 1. The summed E-state index contributed by atoms with van der Waals surface area (Å²) in [5.41, 5.74) is 0. The van der Waals surface area contributed by atoms with Gasteiger partial charge in [-0.15, -0.1) is 18.3 Å². The third-order valence-corrected chi connectivity index (χ3v) is 2.14. The molecule has 0 rings (SSSR count). The van der Waals surface area contributed by atoms with Crippen molar-refractivity contribution in [2.45, 2.75) is 18.6 Å². The lowest BCUT2D eigenvalue weighted by Crippen LogP contribution is -2.07. The van der Waals surface area contributed by atoms with Crippen molar-refractivity contribution in [3.8, 4) is 0 Å². The van der Waals surface area contributed by atoms with Crippen molar-refractivity contribution in [1.29, 1.82) is 0 Å². The lowest BCUT2D eigenvalue weighted by Gasteiger charge is -2.15. The molecule has 0 fully saturated rings. The van der Waals surface area contributed by atoms with E-state index in [1.165, 1.54) is 0 Å². The van der Waals surface area contributed by atoms with Crippen molar-refractivity contribution in [3.05, 3.63) is 24.3 Å². The van der Waals surface area contributed by atoms with Gasteiger partial charge >= 0.3 is 0 Å². The smallest absolute Gasteiger partial charge is 0.0321 e. The summed E-state index contributed by atoms with van der Waals surface area (Å²) < 4.78 is 0.146. The van der Waals surface area contributed by atoms with Crippen molar-refractivity contribution in [1.82, 2.24) is 5.32 Å². The molecule has 0 amide bonds. The maximum Gasteiger partial charge on any atom is 0.0321 e. The van der Waals surface area contributed by atoms with E-state index in [2.05, 4.69) is 25.7 Å². The summed E-state index contributed by atoms with van der Waals surface area (Å²) in [5, 5.41) is 4.96. The van der Waals surface area contributed by atoms with Gasteiger partial charge in [-0.05, 0) is 19.3 Å². The third kappa shape index (κ3) is 4.50. The average Bonchev–Trinajstić information content (AvgIpc) is 1.89. The van der Waals surface area contributed by atoms with Crippen LogP contribution in [0.25, 0.3) is 0 Å². The van der Waals surface area contributed by atoms with Gasteiger partial charge in [0.05, 0.1) is 0 Å². The van der Waals surface area contributed by atoms with Gasteiger partial charge in [0.15, 0.2) is 0 Å². The Morgan fingerprint density at radius 3 is 2.50 bits per heavy atom. The van der Waals surface area contributed by atoms with Gasteiger partial charge in [-0.1, -0.05) is 6.08 Å². The van der Waals surface area contributed by atoms with Crippen molar-refractivity contribution in [3.63, 3.8) is 0 Å². The molecule has 10 heavy (non-hydrogen) atoms. The zero-order chi connectivity index (χ0) is 8.04. The van der Waals surface area contributed by atoms with Crippen molar-refractivity contribution in [2.24, 2.45) is 0 Å². The Morgan fingerprint density at radius 1 is 1.50 bits per heavy atom. The molecule has 0 spiro atoms. The summed E-state index contributed by atoms with van der Waals surface area (Å²) in [5.74, 6) is 0. The molecule has 0 aromatic heterocycles. The van der Waals surface area contributed by atoms with E-state index in [1.54, 1.807) is 11.8 Å². The Labute approximate surface area is 67.6 Å². The van der Waals surface area contributed by atoms with E-state index < -0.39 is 0 Å². The van der Waals surface area contributed by atoms with E-state index in [-0.39, 0.29) is 4.75 Å². The molecule has 0 aromatic carbocycles. The fraction of sp³-hybridized carbons (Fsp3) is 0.500. The molecule has 0 aliphatic carbocycles. The van der Waals surface area contributed by atoms with Crippen LogP contribution in [-0.4, -0.2) is 11.8 Å². The number of hydrogen-bond donors (Lipinski definition) is 1. The molecule has 1 nitrogen and oxygen atoms in total. The first-order chi connectivity index (χ1) is 4.62. The van der Waals surface area contributed by atoms with E-state index in [4.69, 9.17) is 0 Å². The topological polar surface area (TPSA) is 12.0 Å². The summed E-state index contributed by atoms with van der Waals surface area (Å²) in [7, 11) is 1.89. The number of thioether (sulfide) groups is 1. The molecule has 0 bridgehead atoms.